The van der Waals surface area contributed by atoms with Crippen LogP contribution in [0.15, 0.2) is 0 Å². The second-order valence-electron chi connectivity index (χ2n) is 4.87. The number of carbonyl (C=O) groups is 3. The van der Waals surface area contributed by atoms with Gasteiger partial charge in [0.25, 0.3) is 17.9 Å². The van der Waals surface area contributed by atoms with E-state index < -0.39 is 30.1 Å². The van der Waals surface area contributed by atoms with Crippen molar-refractivity contribution in [1.82, 2.24) is 6.15 Å². The fourth-order valence-electron chi connectivity index (χ4n) is 1.05. The first kappa shape index (κ1) is 18.8. The summed E-state index contributed by atoms with van der Waals surface area (Å²) in [5.41, 5.74) is -0.788. The van der Waals surface area contributed by atoms with Crippen LogP contribution in [-0.2, 0) is 28.3 Å². The monoisotopic (exact) mass is 263 g/mol. The highest BCUT2D eigenvalue weighted by molar-refractivity contribution is 6.64. The molecule has 0 fully saturated rings. The minimum absolute atomic E-state index is 0. The lowest BCUT2D eigenvalue weighted by molar-refractivity contribution is -0.153. The van der Waals surface area contributed by atoms with Gasteiger partial charge in [0.15, 0.2) is 0 Å². The molecule has 0 aromatic carbocycles. The largest absolute Gasteiger partial charge is 0.623 e. The maximum atomic E-state index is 11.7. The molecule has 0 amide bonds. The number of hydrogen-bond acceptors (Lipinski definition) is 6. The maximum Gasteiger partial charge on any atom is 0.551 e. The highest BCUT2D eigenvalue weighted by atomic mass is 16.8. The minimum Gasteiger partial charge on any atom is -0.623 e. The first-order valence-electron chi connectivity index (χ1n) is 5.26. The van der Waals surface area contributed by atoms with Crippen LogP contribution in [0.2, 0.25) is 6.82 Å². The molecule has 0 aliphatic carbocycles. The first-order valence-corrected chi connectivity index (χ1v) is 5.26. The number of hydrogen-bond donors (Lipinski definition) is 1. The lowest BCUT2D eigenvalue weighted by Gasteiger charge is -2.38. The molecule has 0 unspecified atom stereocenters. The molecule has 0 saturated carbocycles. The van der Waals surface area contributed by atoms with Crippen molar-refractivity contribution in [3.8, 4) is 0 Å². The van der Waals surface area contributed by atoms with Crippen LogP contribution in [-0.4, -0.2) is 24.7 Å². The molecule has 18 heavy (non-hydrogen) atoms. The third-order valence-corrected chi connectivity index (χ3v) is 1.69. The molecule has 0 heterocycles. The Labute approximate surface area is 107 Å². The minimum atomic E-state index is -2.73. The Morgan fingerprint density at radius 1 is 0.889 bits per heavy atom. The Morgan fingerprint density at radius 2 is 1.22 bits per heavy atom. The van der Waals surface area contributed by atoms with Crippen molar-refractivity contribution >= 4 is 24.7 Å². The van der Waals surface area contributed by atoms with Crippen LogP contribution in [0.1, 0.15) is 34.6 Å². The summed E-state index contributed by atoms with van der Waals surface area (Å²) in [5, 5.41) is 0. The zero-order chi connectivity index (χ0) is 13.9. The van der Waals surface area contributed by atoms with Crippen molar-refractivity contribution in [2.75, 3.05) is 0 Å². The highest BCUT2D eigenvalue weighted by Crippen LogP contribution is 2.20. The molecule has 0 rings (SSSR count). The zero-order valence-corrected chi connectivity index (χ0v) is 12.0. The van der Waals surface area contributed by atoms with E-state index in [9.17, 15) is 14.4 Å². The normalized spacial score (nSPS) is 11.0. The van der Waals surface area contributed by atoms with Crippen molar-refractivity contribution in [3.63, 3.8) is 0 Å². The smallest absolute Gasteiger partial charge is 0.551 e. The number of rotatable bonds is 3. The van der Waals surface area contributed by atoms with Crippen molar-refractivity contribution < 1.29 is 28.3 Å². The van der Waals surface area contributed by atoms with Crippen molar-refractivity contribution in [3.05, 3.63) is 0 Å². The number of carbonyl (C=O) groups excluding carboxylic acids is 3. The van der Waals surface area contributed by atoms with Crippen molar-refractivity contribution in [2.45, 2.75) is 41.4 Å². The predicted molar refractivity (Wildman–Crippen MR) is 66.7 cm³/mol. The summed E-state index contributed by atoms with van der Waals surface area (Å²) in [4.78, 5) is 33.4. The Hall–Kier alpha value is -1.57. The summed E-state index contributed by atoms with van der Waals surface area (Å²) in [5.74, 6) is -2.02. The van der Waals surface area contributed by atoms with Gasteiger partial charge in [-0.15, -0.1) is 0 Å². The fraction of sp³-hybridized carbons (Fsp3) is 0.700. The van der Waals surface area contributed by atoms with Gasteiger partial charge in [-0.05, 0) is 20.8 Å². The molecular weight excluding hydrogens is 241 g/mol. The second-order valence-corrected chi connectivity index (χ2v) is 4.87. The Morgan fingerprint density at radius 3 is 1.44 bits per heavy atom. The Kier molecular flexibility index (Phi) is 6.67. The van der Waals surface area contributed by atoms with Crippen molar-refractivity contribution in [1.29, 1.82) is 0 Å². The lowest BCUT2D eigenvalue weighted by atomic mass is 9.81. The summed E-state index contributed by atoms with van der Waals surface area (Å²) >= 11 is 0. The molecule has 4 N–H and O–H groups in total. The van der Waals surface area contributed by atoms with Gasteiger partial charge in [0.05, 0.1) is 5.41 Å². The molecule has 106 valence electrons. The first-order chi connectivity index (χ1) is 7.46. The molecule has 7 nitrogen and oxygen atoms in total. The molecular formula is C10H22BNO6. The average Bonchev–Trinajstić information content (AvgIpc) is 1.96. The van der Waals surface area contributed by atoms with Crippen LogP contribution in [0.4, 0.5) is 0 Å². The van der Waals surface area contributed by atoms with Gasteiger partial charge in [0.1, 0.15) is 0 Å². The predicted octanol–water partition coefficient (Wildman–Crippen LogP) is 1.65. The van der Waals surface area contributed by atoms with E-state index >= 15 is 0 Å². The molecule has 0 saturated heterocycles. The fourth-order valence-corrected chi connectivity index (χ4v) is 1.05. The van der Waals surface area contributed by atoms with Crippen LogP contribution in [0.3, 0.4) is 0 Å². The molecule has 0 radical (unpaired) electrons. The van der Waals surface area contributed by atoms with E-state index in [4.69, 9.17) is 14.0 Å². The lowest BCUT2D eigenvalue weighted by Crippen LogP contribution is -2.48. The molecule has 0 aliphatic rings. The standard InChI is InChI=1S/C10H18BO6.H3N/c1-7(12)15-11(6,16-8(2)13)17-9(14)10(3,4)5;/h1-6H3;1H3/q-1;/p+1. The van der Waals surface area contributed by atoms with Gasteiger partial charge >= 0.3 is 6.75 Å². The van der Waals surface area contributed by atoms with E-state index in [1.807, 2.05) is 0 Å². The van der Waals surface area contributed by atoms with Gasteiger partial charge in [-0.3, -0.25) is 14.4 Å². The van der Waals surface area contributed by atoms with Gasteiger partial charge < -0.3 is 20.1 Å². The van der Waals surface area contributed by atoms with Crippen LogP contribution < -0.4 is 6.15 Å². The Bertz CT molecular complexity index is 320. The van der Waals surface area contributed by atoms with Crippen LogP contribution >= 0.6 is 0 Å². The van der Waals surface area contributed by atoms with E-state index in [2.05, 4.69) is 0 Å². The Balaban J connectivity index is 0. The van der Waals surface area contributed by atoms with E-state index in [0.717, 1.165) is 13.8 Å². The van der Waals surface area contributed by atoms with Gasteiger partial charge in [0.2, 0.25) is 0 Å². The molecule has 0 aliphatic heterocycles. The van der Waals surface area contributed by atoms with Gasteiger partial charge in [-0.1, -0.05) is 6.82 Å². The summed E-state index contributed by atoms with van der Waals surface area (Å²) in [6, 6.07) is 0. The summed E-state index contributed by atoms with van der Waals surface area (Å²) < 4.78 is 14.5. The van der Waals surface area contributed by atoms with E-state index in [1.54, 1.807) is 20.8 Å². The molecule has 0 aromatic rings. The van der Waals surface area contributed by atoms with E-state index in [0.29, 0.717) is 0 Å². The third kappa shape index (κ3) is 6.90. The third-order valence-electron chi connectivity index (χ3n) is 1.69. The topological polar surface area (TPSA) is 115 Å². The molecule has 0 bridgehead atoms. The number of quaternary nitrogens is 1. The van der Waals surface area contributed by atoms with Gasteiger partial charge in [-0.2, -0.15) is 0 Å². The quantitative estimate of drug-likeness (QED) is 0.774. The molecule has 0 atom stereocenters. The van der Waals surface area contributed by atoms with Crippen LogP contribution in [0, 0.1) is 5.41 Å². The van der Waals surface area contributed by atoms with E-state index in [-0.39, 0.29) is 6.15 Å². The van der Waals surface area contributed by atoms with Gasteiger partial charge in [0, 0.05) is 13.8 Å². The molecule has 8 heteroatoms. The highest BCUT2D eigenvalue weighted by Gasteiger charge is 2.36. The maximum absolute atomic E-state index is 11.7. The van der Waals surface area contributed by atoms with Gasteiger partial charge in [-0.25, -0.2) is 0 Å². The average molecular weight is 263 g/mol. The van der Waals surface area contributed by atoms with E-state index in [1.165, 1.54) is 6.82 Å². The molecule has 0 aromatic heterocycles. The van der Waals surface area contributed by atoms with Crippen LogP contribution in [0.5, 0.6) is 0 Å². The van der Waals surface area contributed by atoms with Crippen molar-refractivity contribution in [2.24, 2.45) is 5.41 Å². The second kappa shape index (κ2) is 6.39. The zero-order valence-electron chi connectivity index (χ0n) is 12.0. The summed E-state index contributed by atoms with van der Waals surface area (Å²) in [6.45, 7) is 5.67. The summed E-state index contributed by atoms with van der Waals surface area (Å²) in [7, 11) is 0. The summed E-state index contributed by atoms with van der Waals surface area (Å²) in [6.07, 6.45) is 0. The van der Waals surface area contributed by atoms with Crippen LogP contribution in [0.25, 0.3) is 0 Å². The molecule has 0 spiro atoms. The SMILES string of the molecule is CC(=O)O[B-](C)(OC(C)=O)OC(=O)C(C)(C)C.[NH4+].